The third kappa shape index (κ3) is 4.96. The molecule has 33 heavy (non-hydrogen) atoms. The Kier molecular flexibility index (Phi) is 7.13. The molecule has 2 atom stereocenters. The molecule has 0 saturated carbocycles. The molecule has 13 heteroatoms. The summed E-state index contributed by atoms with van der Waals surface area (Å²) in [5.41, 5.74) is 0.741. The first-order valence-corrected chi connectivity index (χ1v) is 12.0. The van der Waals surface area contributed by atoms with Gasteiger partial charge in [0.1, 0.15) is 10.6 Å². The van der Waals surface area contributed by atoms with Gasteiger partial charge in [-0.05, 0) is 13.3 Å². The zero-order valence-corrected chi connectivity index (χ0v) is 20.1. The van der Waals surface area contributed by atoms with E-state index >= 15 is 0 Å². The van der Waals surface area contributed by atoms with Gasteiger partial charge in [-0.3, -0.25) is 9.59 Å². The fourth-order valence-electron chi connectivity index (χ4n) is 4.05. The molecule has 2 fully saturated rings. The van der Waals surface area contributed by atoms with Gasteiger partial charge in [0.15, 0.2) is 5.13 Å². The number of anilines is 1. The number of piperidine rings is 1. The first-order chi connectivity index (χ1) is 15.8. The lowest BCUT2D eigenvalue weighted by Crippen LogP contribution is -2.57. The highest BCUT2D eigenvalue weighted by Gasteiger charge is 2.39. The van der Waals surface area contributed by atoms with E-state index in [0.717, 1.165) is 11.3 Å². The zero-order valence-electron chi connectivity index (χ0n) is 17.8. The quantitative estimate of drug-likeness (QED) is 0.556. The third-order valence-electron chi connectivity index (χ3n) is 5.83. The molecule has 2 saturated heterocycles. The van der Waals surface area contributed by atoms with Crippen LogP contribution in [-0.4, -0.2) is 83.2 Å². The van der Waals surface area contributed by atoms with Gasteiger partial charge < -0.3 is 29.9 Å². The summed E-state index contributed by atoms with van der Waals surface area (Å²) >= 11 is 13.4. The van der Waals surface area contributed by atoms with E-state index in [-0.39, 0.29) is 26.5 Å². The van der Waals surface area contributed by atoms with Crippen LogP contribution in [0.2, 0.25) is 10.0 Å². The number of hydrogen-bond donors (Lipinski definition) is 3. The van der Waals surface area contributed by atoms with Crippen molar-refractivity contribution in [2.75, 3.05) is 44.3 Å². The van der Waals surface area contributed by atoms with E-state index in [1.807, 2.05) is 4.90 Å². The number of aromatic nitrogens is 2. The molecule has 0 radical (unpaired) electrons. The molecular formula is C20H23Cl2N5O5S. The Balaban J connectivity index is 1.55. The highest BCUT2D eigenvalue weighted by Crippen LogP contribution is 2.31. The number of halogens is 2. The van der Waals surface area contributed by atoms with Crippen molar-refractivity contribution in [1.82, 2.24) is 20.2 Å². The number of rotatable bonds is 5. The van der Waals surface area contributed by atoms with Crippen molar-refractivity contribution in [3.05, 3.63) is 32.5 Å². The number of morpholine rings is 1. The number of H-pyrrole nitrogens is 1. The predicted octanol–water partition coefficient (Wildman–Crippen LogP) is 2.27. The lowest BCUT2D eigenvalue weighted by molar-refractivity contribution is -0.140. The number of carbonyl (C=O) groups excluding carboxylic acids is 2. The molecular weight excluding hydrogens is 493 g/mol. The largest absolute Gasteiger partial charge is 0.477 e. The molecule has 0 unspecified atom stereocenters. The summed E-state index contributed by atoms with van der Waals surface area (Å²) in [6.45, 7) is 4.40. The van der Waals surface area contributed by atoms with Gasteiger partial charge in [-0.25, -0.2) is 9.78 Å². The number of carboxylic acids is 1. The van der Waals surface area contributed by atoms with Crippen LogP contribution in [0, 0.1) is 12.8 Å². The molecule has 2 amide bonds. The van der Waals surface area contributed by atoms with E-state index in [2.05, 4.69) is 15.3 Å². The van der Waals surface area contributed by atoms with Crippen LogP contribution in [-0.2, 0) is 9.53 Å². The Hall–Kier alpha value is -2.34. The van der Waals surface area contributed by atoms with E-state index < -0.39 is 23.8 Å². The summed E-state index contributed by atoms with van der Waals surface area (Å²) < 4.78 is 5.36. The topological polar surface area (TPSA) is 128 Å². The van der Waals surface area contributed by atoms with E-state index in [0.29, 0.717) is 56.6 Å². The van der Waals surface area contributed by atoms with Crippen LogP contribution in [0.5, 0.6) is 0 Å². The monoisotopic (exact) mass is 515 g/mol. The number of carbonyl (C=O) groups is 3. The Labute approximate surface area is 203 Å². The maximum absolute atomic E-state index is 13.4. The van der Waals surface area contributed by atoms with Crippen molar-refractivity contribution >= 4 is 57.5 Å². The molecule has 0 spiro atoms. The van der Waals surface area contributed by atoms with E-state index in [1.165, 1.54) is 6.20 Å². The molecule has 4 heterocycles. The van der Waals surface area contributed by atoms with E-state index in [9.17, 15) is 19.5 Å². The molecule has 10 nitrogen and oxygen atoms in total. The lowest BCUT2D eigenvalue weighted by atomic mass is 9.90. The second-order valence-corrected chi connectivity index (χ2v) is 9.69. The smallest absolute Gasteiger partial charge is 0.347 e. The average molecular weight is 516 g/mol. The van der Waals surface area contributed by atoms with Crippen LogP contribution >= 0.6 is 34.5 Å². The van der Waals surface area contributed by atoms with Crippen molar-refractivity contribution in [3.8, 4) is 0 Å². The van der Waals surface area contributed by atoms with Gasteiger partial charge in [0.25, 0.3) is 5.91 Å². The van der Waals surface area contributed by atoms with Gasteiger partial charge in [0, 0.05) is 37.9 Å². The number of amides is 2. The second kappa shape index (κ2) is 9.88. The number of thiazole rings is 1. The van der Waals surface area contributed by atoms with Crippen molar-refractivity contribution in [2.24, 2.45) is 5.92 Å². The van der Waals surface area contributed by atoms with Gasteiger partial charge in [-0.15, -0.1) is 0 Å². The van der Waals surface area contributed by atoms with Gasteiger partial charge in [-0.1, -0.05) is 34.5 Å². The van der Waals surface area contributed by atoms with Gasteiger partial charge in [0.2, 0.25) is 5.91 Å². The van der Waals surface area contributed by atoms with Crippen molar-refractivity contribution < 1.29 is 24.2 Å². The molecule has 4 rings (SSSR count). The summed E-state index contributed by atoms with van der Waals surface area (Å²) in [5, 5.41) is 13.1. The van der Waals surface area contributed by atoms with Gasteiger partial charge >= 0.3 is 5.97 Å². The number of ether oxygens (including phenoxy) is 1. The molecule has 2 aliphatic heterocycles. The van der Waals surface area contributed by atoms with Gasteiger partial charge in [0.05, 0.1) is 35.4 Å². The SMILES string of the molecule is Cc1[nH]c(C(=O)N[C@H]2CCN(c3ncc(C(=O)O)s3)C[C@@H]2C(=O)N2CCOCC2)c(Cl)c1Cl. The number of aromatic amines is 1. The number of nitrogens with zero attached hydrogens (tertiary/aromatic N) is 3. The molecule has 2 aromatic rings. The van der Waals surface area contributed by atoms with Crippen LogP contribution in [0.15, 0.2) is 6.20 Å². The standard InChI is InChI=1S/C20H23Cl2N5O5S/c1-10-14(21)15(22)16(24-10)17(28)25-12-2-3-27(20-23-8-13(33-20)19(30)31)9-11(12)18(29)26-4-6-32-7-5-26/h8,11-12,24H,2-7,9H2,1H3,(H,25,28)(H,30,31)/t11-,12-/m0/s1. The maximum Gasteiger partial charge on any atom is 0.347 e. The minimum absolute atomic E-state index is 0.0879. The summed E-state index contributed by atoms with van der Waals surface area (Å²) in [5.74, 6) is -2.12. The zero-order chi connectivity index (χ0) is 23.7. The van der Waals surface area contributed by atoms with Crippen molar-refractivity contribution in [2.45, 2.75) is 19.4 Å². The molecule has 0 aromatic carbocycles. The highest BCUT2D eigenvalue weighted by atomic mass is 35.5. The Morgan fingerprint density at radius 1 is 1.24 bits per heavy atom. The van der Waals surface area contributed by atoms with Crippen LogP contribution < -0.4 is 10.2 Å². The summed E-state index contributed by atoms with van der Waals surface area (Å²) in [6.07, 6.45) is 1.79. The van der Waals surface area contributed by atoms with Crippen molar-refractivity contribution in [3.63, 3.8) is 0 Å². The molecule has 2 aromatic heterocycles. The number of aromatic carboxylic acids is 1. The van der Waals surface area contributed by atoms with Crippen LogP contribution in [0.3, 0.4) is 0 Å². The number of nitrogens with one attached hydrogen (secondary N) is 2. The summed E-state index contributed by atoms with van der Waals surface area (Å²) in [7, 11) is 0. The molecule has 2 aliphatic rings. The third-order valence-corrected chi connectivity index (χ3v) is 7.82. The Bertz CT molecular complexity index is 1070. The van der Waals surface area contributed by atoms with Crippen LogP contribution in [0.4, 0.5) is 5.13 Å². The molecule has 178 valence electrons. The average Bonchev–Trinajstić information content (AvgIpc) is 3.41. The predicted molar refractivity (Wildman–Crippen MR) is 124 cm³/mol. The maximum atomic E-state index is 13.4. The Morgan fingerprint density at radius 2 is 1.97 bits per heavy atom. The minimum atomic E-state index is -1.04. The van der Waals surface area contributed by atoms with Crippen molar-refractivity contribution in [1.29, 1.82) is 0 Å². The molecule has 0 aliphatic carbocycles. The summed E-state index contributed by atoms with van der Waals surface area (Å²) in [6, 6.07) is -0.443. The number of carboxylic acid groups (broad SMARTS) is 1. The normalized spacial score (nSPS) is 21.2. The molecule has 3 N–H and O–H groups in total. The Morgan fingerprint density at radius 3 is 2.58 bits per heavy atom. The number of hydrogen-bond acceptors (Lipinski definition) is 7. The van der Waals surface area contributed by atoms with E-state index in [4.69, 9.17) is 27.9 Å². The first kappa shape index (κ1) is 23.8. The first-order valence-electron chi connectivity index (χ1n) is 10.4. The van der Waals surface area contributed by atoms with Crippen LogP contribution in [0.1, 0.15) is 32.3 Å². The highest BCUT2D eigenvalue weighted by molar-refractivity contribution is 7.17. The summed E-state index contributed by atoms with van der Waals surface area (Å²) in [4.78, 5) is 48.5. The van der Waals surface area contributed by atoms with Gasteiger partial charge in [-0.2, -0.15) is 0 Å². The second-order valence-electron chi connectivity index (χ2n) is 7.92. The van der Waals surface area contributed by atoms with E-state index in [1.54, 1.807) is 11.8 Å². The fraction of sp³-hybridized carbons (Fsp3) is 0.500. The van der Waals surface area contributed by atoms with Crippen LogP contribution in [0.25, 0.3) is 0 Å². The fourth-order valence-corrected chi connectivity index (χ4v) is 5.25. The lowest BCUT2D eigenvalue weighted by Gasteiger charge is -2.40. The molecule has 0 bridgehead atoms. The minimum Gasteiger partial charge on any atom is -0.477 e. The number of aryl methyl sites for hydroxylation is 1.